The van der Waals surface area contributed by atoms with E-state index in [2.05, 4.69) is 0 Å². The third kappa shape index (κ3) is 3.01. The van der Waals surface area contributed by atoms with E-state index in [0.29, 0.717) is 25.3 Å². The molecule has 4 nitrogen and oxygen atoms in total. The Kier molecular flexibility index (Phi) is 4.20. The molecule has 0 spiro atoms. The predicted octanol–water partition coefficient (Wildman–Crippen LogP) is 2.28. The van der Waals surface area contributed by atoms with E-state index >= 15 is 0 Å². The van der Waals surface area contributed by atoms with Gasteiger partial charge in [0.25, 0.3) is 0 Å². The number of likely N-dealkylation sites (tertiary alicyclic amines) is 1. The Hall–Kier alpha value is -1.55. The van der Waals surface area contributed by atoms with Crippen LogP contribution in [0.1, 0.15) is 19.8 Å². The number of hydrogen-bond donors (Lipinski definition) is 1. The monoisotopic (exact) mass is 249 g/mol. The number of hydrogen-bond acceptors (Lipinski definition) is 3. The largest absolute Gasteiger partial charge is 0.415 e. The fourth-order valence-corrected chi connectivity index (χ4v) is 2.24. The maximum absolute atomic E-state index is 12.0. The van der Waals surface area contributed by atoms with E-state index in [1.807, 2.05) is 25.1 Å². The summed E-state index contributed by atoms with van der Waals surface area (Å²) < 4.78 is 5.29. The standard InChI is InChI=1S/C14H19NO3/c1-2-11-10-15(9-8-13(11)16)14(17)18-12-6-4-3-5-7-12/h3-7,11,13,16H,2,8-10H2,1H3. The first-order valence-corrected chi connectivity index (χ1v) is 6.40. The second-order valence-corrected chi connectivity index (χ2v) is 4.65. The molecule has 0 aliphatic carbocycles. The van der Waals surface area contributed by atoms with Crippen molar-refractivity contribution in [3.05, 3.63) is 30.3 Å². The Bertz CT molecular complexity index is 393. The van der Waals surface area contributed by atoms with E-state index in [4.69, 9.17) is 4.74 Å². The van der Waals surface area contributed by atoms with Gasteiger partial charge in [0, 0.05) is 19.0 Å². The number of nitrogens with zero attached hydrogens (tertiary/aromatic N) is 1. The number of carbonyl (C=O) groups excluding carboxylic acids is 1. The maximum Gasteiger partial charge on any atom is 0.415 e. The van der Waals surface area contributed by atoms with Crippen LogP contribution >= 0.6 is 0 Å². The van der Waals surface area contributed by atoms with Gasteiger partial charge in [-0.2, -0.15) is 0 Å². The molecule has 98 valence electrons. The van der Waals surface area contributed by atoms with E-state index in [-0.39, 0.29) is 18.1 Å². The van der Waals surface area contributed by atoms with Gasteiger partial charge in [-0.3, -0.25) is 0 Å². The number of amides is 1. The summed E-state index contributed by atoms with van der Waals surface area (Å²) in [6.07, 6.45) is 0.876. The number of ether oxygens (including phenoxy) is 1. The highest BCUT2D eigenvalue weighted by atomic mass is 16.6. The molecule has 18 heavy (non-hydrogen) atoms. The summed E-state index contributed by atoms with van der Waals surface area (Å²) >= 11 is 0. The summed E-state index contributed by atoms with van der Waals surface area (Å²) in [5, 5.41) is 9.78. The van der Waals surface area contributed by atoms with Crippen molar-refractivity contribution in [2.75, 3.05) is 13.1 Å². The molecule has 1 aliphatic rings. The van der Waals surface area contributed by atoms with E-state index < -0.39 is 0 Å². The summed E-state index contributed by atoms with van der Waals surface area (Å²) in [5.41, 5.74) is 0. The summed E-state index contributed by atoms with van der Waals surface area (Å²) in [6, 6.07) is 9.05. The number of aliphatic hydroxyl groups is 1. The van der Waals surface area contributed by atoms with Crippen molar-refractivity contribution in [2.24, 2.45) is 5.92 Å². The van der Waals surface area contributed by atoms with Gasteiger partial charge >= 0.3 is 6.09 Å². The lowest BCUT2D eigenvalue weighted by atomic mass is 9.93. The van der Waals surface area contributed by atoms with Crippen LogP contribution in [0.2, 0.25) is 0 Å². The minimum Gasteiger partial charge on any atom is -0.410 e. The number of piperidine rings is 1. The Morgan fingerprint density at radius 2 is 2.17 bits per heavy atom. The molecule has 2 unspecified atom stereocenters. The quantitative estimate of drug-likeness (QED) is 0.874. The van der Waals surface area contributed by atoms with E-state index in [1.165, 1.54) is 0 Å². The Labute approximate surface area is 107 Å². The molecule has 0 bridgehead atoms. The third-order valence-electron chi connectivity index (χ3n) is 3.42. The topological polar surface area (TPSA) is 49.8 Å². The van der Waals surface area contributed by atoms with Crippen molar-refractivity contribution < 1.29 is 14.6 Å². The molecule has 2 atom stereocenters. The highest BCUT2D eigenvalue weighted by Gasteiger charge is 2.29. The Balaban J connectivity index is 1.93. The fourth-order valence-electron chi connectivity index (χ4n) is 2.24. The van der Waals surface area contributed by atoms with Gasteiger partial charge in [-0.25, -0.2) is 4.79 Å². The predicted molar refractivity (Wildman–Crippen MR) is 68.4 cm³/mol. The zero-order valence-corrected chi connectivity index (χ0v) is 10.6. The molecule has 0 saturated carbocycles. The van der Waals surface area contributed by atoms with Gasteiger partial charge in [0.05, 0.1) is 6.10 Å². The second-order valence-electron chi connectivity index (χ2n) is 4.65. The van der Waals surface area contributed by atoms with Crippen LogP contribution in [0.5, 0.6) is 5.75 Å². The molecular weight excluding hydrogens is 230 g/mol. The molecule has 1 fully saturated rings. The zero-order valence-electron chi connectivity index (χ0n) is 10.6. The number of rotatable bonds is 2. The zero-order chi connectivity index (χ0) is 13.0. The second kappa shape index (κ2) is 5.87. The first-order valence-electron chi connectivity index (χ1n) is 6.40. The summed E-state index contributed by atoms with van der Waals surface area (Å²) in [5.74, 6) is 0.712. The molecule has 0 aromatic heterocycles. The molecule has 0 radical (unpaired) electrons. The lowest BCUT2D eigenvalue weighted by Crippen LogP contribution is -2.46. The van der Waals surface area contributed by atoms with Gasteiger partial charge in [-0.05, 0) is 25.0 Å². The van der Waals surface area contributed by atoms with Gasteiger partial charge < -0.3 is 14.7 Å². The molecule has 1 amide bonds. The van der Waals surface area contributed by atoms with Crippen molar-refractivity contribution in [1.82, 2.24) is 4.90 Å². The normalized spacial score (nSPS) is 23.8. The Morgan fingerprint density at radius 3 is 2.83 bits per heavy atom. The molecular formula is C14H19NO3. The van der Waals surface area contributed by atoms with Crippen molar-refractivity contribution >= 4 is 6.09 Å². The lowest BCUT2D eigenvalue weighted by molar-refractivity contribution is 0.0299. The van der Waals surface area contributed by atoms with E-state index in [1.54, 1.807) is 17.0 Å². The van der Waals surface area contributed by atoms with Gasteiger partial charge in [0.2, 0.25) is 0 Å². The molecule has 1 N–H and O–H groups in total. The van der Waals surface area contributed by atoms with Crippen LogP contribution < -0.4 is 4.74 Å². The van der Waals surface area contributed by atoms with Crippen LogP contribution in [0.25, 0.3) is 0 Å². The lowest BCUT2D eigenvalue weighted by Gasteiger charge is -2.34. The maximum atomic E-state index is 12.0. The number of para-hydroxylation sites is 1. The van der Waals surface area contributed by atoms with Crippen LogP contribution in [0.4, 0.5) is 4.79 Å². The summed E-state index contributed by atoms with van der Waals surface area (Å²) in [7, 11) is 0. The van der Waals surface area contributed by atoms with Gasteiger partial charge in [-0.1, -0.05) is 25.1 Å². The first kappa shape index (κ1) is 12.9. The highest BCUT2D eigenvalue weighted by Crippen LogP contribution is 2.21. The SMILES string of the molecule is CCC1CN(C(=O)Oc2ccccc2)CCC1O. The third-order valence-corrected chi connectivity index (χ3v) is 3.42. The minimum atomic E-state index is -0.327. The number of benzene rings is 1. The highest BCUT2D eigenvalue weighted by molar-refractivity contribution is 5.70. The number of carbonyl (C=O) groups is 1. The van der Waals surface area contributed by atoms with E-state index in [0.717, 1.165) is 6.42 Å². The van der Waals surface area contributed by atoms with Crippen molar-refractivity contribution in [2.45, 2.75) is 25.9 Å². The average Bonchev–Trinajstić information content (AvgIpc) is 2.40. The molecule has 1 saturated heterocycles. The van der Waals surface area contributed by atoms with Crippen LogP contribution in [-0.2, 0) is 0 Å². The van der Waals surface area contributed by atoms with Crippen LogP contribution in [-0.4, -0.2) is 35.3 Å². The van der Waals surface area contributed by atoms with Crippen molar-refractivity contribution in [1.29, 1.82) is 0 Å². The van der Waals surface area contributed by atoms with Crippen LogP contribution in [0, 0.1) is 5.92 Å². The summed E-state index contributed by atoms with van der Waals surface area (Å²) in [6.45, 7) is 3.16. The average molecular weight is 249 g/mol. The number of aliphatic hydroxyl groups excluding tert-OH is 1. The fraction of sp³-hybridized carbons (Fsp3) is 0.500. The van der Waals surface area contributed by atoms with Gasteiger partial charge in [0.15, 0.2) is 0 Å². The molecule has 2 rings (SSSR count). The molecule has 1 heterocycles. The molecule has 4 heteroatoms. The molecule has 1 aromatic rings. The van der Waals surface area contributed by atoms with Gasteiger partial charge in [-0.15, -0.1) is 0 Å². The smallest absolute Gasteiger partial charge is 0.410 e. The van der Waals surface area contributed by atoms with Gasteiger partial charge in [0.1, 0.15) is 5.75 Å². The Morgan fingerprint density at radius 1 is 1.44 bits per heavy atom. The summed E-state index contributed by atoms with van der Waals surface area (Å²) in [4.78, 5) is 13.6. The molecule has 1 aliphatic heterocycles. The minimum absolute atomic E-state index is 0.155. The molecule has 1 aromatic carbocycles. The van der Waals surface area contributed by atoms with Crippen molar-refractivity contribution in [3.8, 4) is 5.75 Å². The van der Waals surface area contributed by atoms with Crippen molar-refractivity contribution in [3.63, 3.8) is 0 Å². The van der Waals surface area contributed by atoms with Crippen LogP contribution in [0.15, 0.2) is 30.3 Å². The van der Waals surface area contributed by atoms with E-state index in [9.17, 15) is 9.90 Å². The van der Waals surface area contributed by atoms with Crippen LogP contribution in [0.3, 0.4) is 0 Å². The first-order chi connectivity index (χ1) is 8.70.